The molecule has 1 aromatic heterocycles. The van der Waals surface area contributed by atoms with Gasteiger partial charge in [-0.2, -0.15) is 0 Å². The van der Waals surface area contributed by atoms with Crippen LogP contribution in [0.1, 0.15) is 10.4 Å². The normalized spacial score (nSPS) is 10.5. The van der Waals surface area contributed by atoms with Crippen molar-refractivity contribution < 1.29 is 9.53 Å². The summed E-state index contributed by atoms with van der Waals surface area (Å²) in [5, 5.41) is 3.87. The van der Waals surface area contributed by atoms with Crippen LogP contribution in [0.4, 0.5) is 0 Å². The van der Waals surface area contributed by atoms with Gasteiger partial charge in [0.2, 0.25) is 0 Å². The highest BCUT2D eigenvalue weighted by atomic mass is 79.9. The molecule has 5 heteroatoms. The highest BCUT2D eigenvalue weighted by Gasteiger charge is 2.08. The smallest absolute Gasteiger partial charge is 0.252 e. The molecule has 3 rings (SSSR count). The van der Waals surface area contributed by atoms with Crippen molar-refractivity contribution in [2.45, 2.75) is 0 Å². The van der Waals surface area contributed by atoms with Crippen LogP contribution in [0.5, 0.6) is 5.75 Å². The van der Waals surface area contributed by atoms with Gasteiger partial charge in [-0.05, 0) is 40.2 Å². The number of benzene rings is 2. The predicted molar refractivity (Wildman–Crippen MR) is 93.7 cm³/mol. The van der Waals surface area contributed by atoms with Gasteiger partial charge in [-0.1, -0.05) is 30.3 Å². The fourth-order valence-electron chi connectivity index (χ4n) is 2.26. The van der Waals surface area contributed by atoms with Gasteiger partial charge in [-0.3, -0.25) is 9.78 Å². The van der Waals surface area contributed by atoms with E-state index in [1.165, 1.54) is 0 Å². The summed E-state index contributed by atoms with van der Waals surface area (Å²) in [6.45, 7) is 0.801. The van der Waals surface area contributed by atoms with E-state index in [1.807, 2.05) is 48.5 Å². The summed E-state index contributed by atoms with van der Waals surface area (Å²) in [5.74, 6) is 0.593. The number of halogens is 1. The van der Waals surface area contributed by atoms with Crippen molar-refractivity contribution in [2.24, 2.45) is 0 Å². The number of rotatable bonds is 5. The van der Waals surface area contributed by atoms with Crippen LogP contribution in [0.2, 0.25) is 0 Å². The molecule has 0 radical (unpaired) electrons. The van der Waals surface area contributed by atoms with Gasteiger partial charge in [-0.15, -0.1) is 0 Å². The second kappa shape index (κ2) is 7.24. The summed E-state index contributed by atoms with van der Waals surface area (Å²) in [4.78, 5) is 16.4. The molecule has 4 nitrogen and oxygen atoms in total. The molecule has 0 saturated carbocycles. The fraction of sp³-hybridized carbons (Fsp3) is 0.111. The van der Waals surface area contributed by atoms with E-state index in [0.29, 0.717) is 18.7 Å². The van der Waals surface area contributed by atoms with Crippen molar-refractivity contribution in [2.75, 3.05) is 13.2 Å². The van der Waals surface area contributed by atoms with Crippen LogP contribution in [0.15, 0.2) is 65.3 Å². The molecule has 0 aliphatic heterocycles. The lowest BCUT2D eigenvalue weighted by Crippen LogP contribution is -2.28. The lowest BCUT2D eigenvalue weighted by Gasteiger charge is -2.10. The van der Waals surface area contributed by atoms with Crippen molar-refractivity contribution in [1.29, 1.82) is 0 Å². The minimum absolute atomic E-state index is 0.128. The number of amides is 1. The van der Waals surface area contributed by atoms with Crippen LogP contribution < -0.4 is 10.1 Å². The number of nitrogens with zero attached hydrogens (tertiary/aromatic N) is 1. The summed E-state index contributed by atoms with van der Waals surface area (Å²) >= 11 is 3.37. The van der Waals surface area contributed by atoms with Gasteiger partial charge in [0.25, 0.3) is 5.91 Å². The number of hydrogen-bond acceptors (Lipinski definition) is 3. The molecule has 3 aromatic rings. The standard InChI is InChI=1S/C18H15BrN2O2/c19-15-8-2-1-7-14(15)18(22)21-11-12-23-16-9-3-5-13-6-4-10-20-17(13)16/h1-10H,11-12H2,(H,21,22). The molecule has 0 aliphatic rings. The highest BCUT2D eigenvalue weighted by Crippen LogP contribution is 2.22. The SMILES string of the molecule is O=C(NCCOc1cccc2cccnc12)c1ccccc1Br. The summed E-state index contributed by atoms with van der Waals surface area (Å²) < 4.78 is 6.52. The molecule has 23 heavy (non-hydrogen) atoms. The van der Waals surface area contributed by atoms with E-state index in [0.717, 1.165) is 21.1 Å². The third kappa shape index (κ3) is 3.68. The van der Waals surface area contributed by atoms with E-state index in [-0.39, 0.29) is 5.91 Å². The van der Waals surface area contributed by atoms with E-state index in [9.17, 15) is 4.79 Å². The molecule has 0 unspecified atom stereocenters. The fourth-order valence-corrected chi connectivity index (χ4v) is 2.72. The Labute approximate surface area is 142 Å². The molecule has 0 fully saturated rings. The lowest BCUT2D eigenvalue weighted by atomic mass is 10.2. The summed E-state index contributed by atoms with van der Waals surface area (Å²) in [7, 11) is 0. The first-order chi connectivity index (χ1) is 11.3. The van der Waals surface area contributed by atoms with E-state index in [1.54, 1.807) is 12.3 Å². The molecule has 0 bridgehead atoms. The first-order valence-corrected chi connectivity index (χ1v) is 8.04. The molecule has 1 N–H and O–H groups in total. The topological polar surface area (TPSA) is 51.2 Å². The van der Waals surface area contributed by atoms with Gasteiger partial charge in [0.15, 0.2) is 0 Å². The zero-order chi connectivity index (χ0) is 16.1. The van der Waals surface area contributed by atoms with Gasteiger partial charge < -0.3 is 10.1 Å². The molecule has 0 spiro atoms. The minimum Gasteiger partial charge on any atom is -0.489 e. The number of para-hydroxylation sites is 1. The number of aromatic nitrogens is 1. The molecule has 0 saturated heterocycles. The van der Waals surface area contributed by atoms with Crippen LogP contribution in [0, 0.1) is 0 Å². The second-order valence-corrected chi connectivity index (χ2v) is 5.77. The number of pyridine rings is 1. The third-order valence-corrected chi connectivity index (χ3v) is 4.05. The molecule has 1 heterocycles. The summed E-state index contributed by atoms with van der Waals surface area (Å²) in [6.07, 6.45) is 1.74. The second-order valence-electron chi connectivity index (χ2n) is 4.92. The predicted octanol–water partition coefficient (Wildman–Crippen LogP) is 3.81. The van der Waals surface area contributed by atoms with Gasteiger partial charge >= 0.3 is 0 Å². The highest BCUT2D eigenvalue weighted by molar-refractivity contribution is 9.10. The third-order valence-electron chi connectivity index (χ3n) is 3.36. The van der Waals surface area contributed by atoms with Crippen molar-refractivity contribution in [3.63, 3.8) is 0 Å². The van der Waals surface area contributed by atoms with Crippen LogP contribution in [-0.2, 0) is 0 Å². The Morgan fingerprint density at radius 3 is 2.78 bits per heavy atom. The summed E-state index contributed by atoms with van der Waals surface area (Å²) in [6, 6.07) is 17.0. The van der Waals surface area contributed by atoms with Crippen LogP contribution >= 0.6 is 15.9 Å². The minimum atomic E-state index is -0.128. The monoisotopic (exact) mass is 370 g/mol. The van der Waals surface area contributed by atoms with Gasteiger partial charge in [0.1, 0.15) is 17.9 Å². The Morgan fingerprint density at radius 1 is 1.09 bits per heavy atom. The van der Waals surface area contributed by atoms with Gasteiger partial charge in [-0.25, -0.2) is 0 Å². The lowest BCUT2D eigenvalue weighted by molar-refractivity contribution is 0.0946. The number of ether oxygens (including phenoxy) is 1. The quantitative estimate of drug-likeness (QED) is 0.694. The van der Waals surface area contributed by atoms with Crippen LogP contribution in [-0.4, -0.2) is 24.0 Å². The largest absolute Gasteiger partial charge is 0.489 e. The summed E-state index contributed by atoms with van der Waals surface area (Å²) in [5.41, 5.74) is 1.44. The van der Waals surface area contributed by atoms with Crippen LogP contribution in [0.3, 0.4) is 0 Å². The maximum atomic E-state index is 12.1. The Hall–Kier alpha value is -2.40. The number of carbonyl (C=O) groups excluding carboxylic acids is 1. The molecular formula is C18H15BrN2O2. The maximum Gasteiger partial charge on any atom is 0.252 e. The Morgan fingerprint density at radius 2 is 1.91 bits per heavy atom. The Bertz CT molecular complexity index is 831. The number of hydrogen-bond donors (Lipinski definition) is 1. The van der Waals surface area contributed by atoms with Gasteiger partial charge in [0, 0.05) is 16.1 Å². The maximum absolute atomic E-state index is 12.1. The number of fused-ring (bicyclic) bond motifs is 1. The van der Waals surface area contributed by atoms with E-state index in [2.05, 4.69) is 26.2 Å². The van der Waals surface area contributed by atoms with Crippen LogP contribution in [0.25, 0.3) is 10.9 Å². The molecule has 2 aromatic carbocycles. The zero-order valence-electron chi connectivity index (χ0n) is 12.3. The van der Waals surface area contributed by atoms with Gasteiger partial charge in [0.05, 0.1) is 12.1 Å². The average molecular weight is 371 g/mol. The van der Waals surface area contributed by atoms with Crippen molar-refractivity contribution in [3.8, 4) is 5.75 Å². The molecular weight excluding hydrogens is 356 g/mol. The number of carbonyl (C=O) groups is 1. The Kier molecular flexibility index (Phi) is 4.88. The van der Waals surface area contributed by atoms with Crippen molar-refractivity contribution in [1.82, 2.24) is 10.3 Å². The average Bonchev–Trinajstić information content (AvgIpc) is 2.59. The first-order valence-electron chi connectivity index (χ1n) is 7.25. The van der Waals surface area contributed by atoms with E-state index >= 15 is 0 Å². The molecule has 0 aliphatic carbocycles. The van der Waals surface area contributed by atoms with Crippen molar-refractivity contribution >= 4 is 32.7 Å². The van der Waals surface area contributed by atoms with Crippen molar-refractivity contribution in [3.05, 3.63) is 70.8 Å². The van der Waals surface area contributed by atoms with E-state index in [4.69, 9.17) is 4.74 Å². The first kappa shape index (κ1) is 15.5. The Balaban J connectivity index is 1.57. The molecule has 116 valence electrons. The molecule has 0 atom stereocenters. The zero-order valence-corrected chi connectivity index (χ0v) is 13.9. The molecule has 1 amide bonds. The van der Waals surface area contributed by atoms with E-state index < -0.39 is 0 Å². The number of nitrogens with one attached hydrogen (secondary N) is 1.